The summed E-state index contributed by atoms with van der Waals surface area (Å²) >= 11 is 0. The van der Waals surface area contributed by atoms with E-state index in [9.17, 15) is 28.0 Å². The Morgan fingerprint density at radius 3 is 2.73 bits per heavy atom. The molecule has 1 spiro atoms. The molecule has 210 valence electrons. The smallest absolute Gasteiger partial charge is 0.270 e. The van der Waals surface area contributed by atoms with Gasteiger partial charge >= 0.3 is 0 Å². The van der Waals surface area contributed by atoms with Crippen LogP contribution in [0.1, 0.15) is 37.2 Å². The molecule has 40 heavy (non-hydrogen) atoms. The number of amides is 4. The predicted octanol–water partition coefficient (Wildman–Crippen LogP) is 2.18. The number of nitrogens with two attached hydrogens (primary N) is 1. The number of carbonyl (C=O) groups excluding carboxylic acids is 4. The lowest BCUT2D eigenvalue weighted by Crippen LogP contribution is -2.56. The molecule has 1 unspecified atom stereocenters. The number of nitrogens with zero attached hydrogens (tertiary/aromatic N) is 3. The molecule has 13 heteroatoms. The van der Waals surface area contributed by atoms with Crippen molar-refractivity contribution in [3.8, 4) is 5.75 Å². The molecule has 4 N–H and O–H groups in total. The van der Waals surface area contributed by atoms with Gasteiger partial charge in [0.05, 0.1) is 18.3 Å². The van der Waals surface area contributed by atoms with Crippen molar-refractivity contribution in [2.24, 2.45) is 11.7 Å². The number of pyridine rings is 1. The molecule has 1 aromatic carbocycles. The zero-order valence-corrected chi connectivity index (χ0v) is 22.0. The SMILES string of the molecule is CC(C)C[C@@H](C(=O)N1CC2(C[C@H]1C(N)=O)Oc1ccncc1NC2=O)N(C)C(=O)c1cc2c(F)cc(F)cc2[nH]1. The zero-order valence-electron chi connectivity index (χ0n) is 22.0. The zero-order chi connectivity index (χ0) is 28.9. The Kier molecular flexibility index (Phi) is 6.68. The number of hydrogen-bond acceptors (Lipinski definition) is 6. The number of anilines is 1. The molecule has 2 aliphatic heterocycles. The third-order valence-electron chi connectivity index (χ3n) is 7.34. The second-order valence-corrected chi connectivity index (χ2v) is 10.6. The monoisotopic (exact) mass is 554 g/mol. The van der Waals surface area contributed by atoms with Gasteiger partial charge in [-0.3, -0.25) is 24.2 Å². The number of benzene rings is 1. The van der Waals surface area contributed by atoms with Crippen LogP contribution < -0.4 is 15.8 Å². The van der Waals surface area contributed by atoms with Gasteiger partial charge in [-0.2, -0.15) is 0 Å². The van der Waals surface area contributed by atoms with E-state index in [4.69, 9.17) is 10.5 Å². The fraction of sp³-hybridized carbons (Fsp3) is 0.370. The van der Waals surface area contributed by atoms with Crippen molar-refractivity contribution >= 4 is 40.2 Å². The quantitative estimate of drug-likeness (QED) is 0.425. The van der Waals surface area contributed by atoms with E-state index in [0.29, 0.717) is 17.5 Å². The number of primary amides is 1. The first-order valence-electron chi connectivity index (χ1n) is 12.7. The van der Waals surface area contributed by atoms with Gasteiger partial charge in [-0.05, 0) is 24.5 Å². The van der Waals surface area contributed by atoms with Crippen LogP contribution in [0.5, 0.6) is 5.75 Å². The number of aromatic amines is 1. The molecule has 4 heterocycles. The van der Waals surface area contributed by atoms with E-state index < -0.39 is 52.9 Å². The number of nitrogens with one attached hydrogen (secondary N) is 2. The molecule has 3 aromatic rings. The number of ether oxygens (including phenoxy) is 1. The Hall–Kier alpha value is -4.55. The first kappa shape index (κ1) is 27.0. The maximum absolute atomic E-state index is 14.3. The van der Waals surface area contributed by atoms with Crippen LogP contribution in [0.4, 0.5) is 14.5 Å². The molecular formula is C27H28F2N6O5. The summed E-state index contributed by atoms with van der Waals surface area (Å²) < 4.78 is 34.0. The Morgan fingerprint density at radius 2 is 2.02 bits per heavy atom. The highest BCUT2D eigenvalue weighted by Crippen LogP contribution is 2.40. The lowest BCUT2D eigenvalue weighted by Gasteiger charge is -2.35. The number of H-pyrrole nitrogens is 1. The van der Waals surface area contributed by atoms with Gasteiger partial charge in [-0.15, -0.1) is 0 Å². The second-order valence-electron chi connectivity index (χ2n) is 10.6. The van der Waals surface area contributed by atoms with Crippen LogP contribution in [0.15, 0.2) is 36.7 Å². The van der Waals surface area contributed by atoms with Crippen molar-refractivity contribution in [1.29, 1.82) is 0 Å². The van der Waals surface area contributed by atoms with E-state index in [0.717, 1.165) is 6.07 Å². The van der Waals surface area contributed by atoms with Gasteiger partial charge in [0.25, 0.3) is 11.8 Å². The second kappa shape index (κ2) is 9.88. The first-order chi connectivity index (χ1) is 18.9. The van der Waals surface area contributed by atoms with E-state index in [-0.39, 0.29) is 41.9 Å². The van der Waals surface area contributed by atoms with Crippen LogP contribution in [0.2, 0.25) is 0 Å². The van der Waals surface area contributed by atoms with Crippen molar-refractivity contribution in [2.75, 3.05) is 18.9 Å². The highest BCUT2D eigenvalue weighted by Gasteiger charge is 2.57. The van der Waals surface area contributed by atoms with Crippen LogP contribution in [0, 0.1) is 17.6 Å². The van der Waals surface area contributed by atoms with Crippen molar-refractivity contribution < 1.29 is 32.7 Å². The summed E-state index contributed by atoms with van der Waals surface area (Å²) in [5, 5.41) is 2.74. The predicted molar refractivity (Wildman–Crippen MR) is 139 cm³/mol. The summed E-state index contributed by atoms with van der Waals surface area (Å²) in [6.45, 7) is 3.44. The Labute approximate surface area is 227 Å². The lowest BCUT2D eigenvalue weighted by atomic mass is 9.96. The molecule has 5 rings (SSSR count). The minimum absolute atomic E-state index is 0.0242. The topological polar surface area (TPSA) is 151 Å². The van der Waals surface area contributed by atoms with E-state index in [1.54, 1.807) is 6.07 Å². The molecule has 3 atom stereocenters. The summed E-state index contributed by atoms with van der Waals surface area (Å²) in [7, 11) is 1.41. The van der Waals surface area contributed by atoms with E-state index >= 15 is 0 Å². The normalized spacial score (nSPS) is 20.8. The van der Waals surface area contributed by atoms with Gasteiger partial charge in [-0.1, -0.05) is 13.8 Å². The molecule has 4 amide bonds. The highest BCUT2D eigenvalue weighted by molar-refractivity contribution is 6.04. The number of carbonyl (C=O) groups is 4. The summed E-state index contributed by atoms with van der Waals surface area (Å²) in [5.74, 6) is -3.99. The largest absolute Gasteiger partial charge is 0.473 e. The maximum Gasteiger partial charge on any atom is 0.270 e. The van der Waals surface area contributed by atoms with Gasteiger partial charge < -0.3 is 30.6 Å². The highest BCUT2D eigenvalue weighted by atomic mass is 19.1. The minimum Gasteiger partial charge on any atom is -0.473 e. The fourth-order valence-corrected chi connectivity index (χ4v) is 5.32. The van der Waals surface area contributed by atoms with Gasteiger partial charge in [0, 0.05) is 37.2 Å². The van der Waals surface area contributed by atoms with E-state index in [1.165, 1.54) is 35.3 Å². The molecule has 0 radical (unpaired) electrons. The van der Waals surface area contributed by atoms with Crippen LogP contribution >= 0.6 is 0 Å². The summed E-state index contributed by atoms with van der Waals surface area (Å²) in [5.41, 5.74) is 4.50. The van der Waals surface area contributed by atoms with Gasteiger partial charge in [0.1, 0.15) is 40.8 Å². The van der Waals surface area contributed by atoms with E-state index in [2.05, 4.69) is 15.3 Å². The van der Waals surface area contributed by atoms with Gasteiger partial charge in [0.15, 0.2) is 0 Å². The molecular weight excluding hydrogens is 526 g/mol. The number of likely N-dealkylation sites (tertiary alicyclic amines) is 1. The van der Waals surface area contributed by atoms with Crippen LogP contribution in [0.3, 0.4) is 0 Å². The van der Waals surface area contributed by atoms with Crippen molar-refractivity contribution in [1.82, 2.24) is 19.8 Å². The summed E-state index contributed by atoms with van der Waals surface area (Å²) in [6.07, 6.45) is 2.94. The van der Waals surface area contributed by atoms with Crippen LogP contribution in [0.25, 0.3) is 10.9 Å². The number of rotatable bonds is 6. The molecule has 0 aliphatic carbocycles. The van der Waals surface area contributed by atoms with Gasteiger partial charge in [-0.25, -0.2) is 8.78 Å². The van der Waals surface area contributed by atoms with Crippen LogP contribution in [-0.2, 0) is 14.4 Å². The Bertz CT molecular complexity index is 1540. The van der Waals surface area contributed by atoms with Crippen LogP contribution in [-0.4, -0.2) is 74.7 Å². The Morgan fingerprint density at radius 1 is 1.27 bits per heavy atom. The summed E-state index contributed by atoms with van der Waals surface area (Å²) in [6, 6.07) is 2.35. The standard InChI is InChI=1S/C27H28F2N6O5/c1-13(2)6-20(34(3)24(37)18-9-15-16(29)7-14(28)8-17(15)32-18)25(38)35-12-27(10-21(35)23(30)36)26(39)33-19-11-31-5-4-22(19)40-27/h4-5,7-9,11,13,20-21,32H,6,10,12H2,1-3H3,(H2,30,36)(H,33,39)/t20-,21-,27?/m0/s1. The third-order valence-corrected chi connectivity index (χ3v) is 7.34. The van der Waals surface area contributed by atoms with E-state index in [1.807, 2.05) is 13.8 Å². The first-order valence-corrected chi connectivity index (χ1v) is 12.7. The molecule has 2 aliphatic rings. The average Bonchev–Trinajstić information content (AvgIpc) is 3.50. The fourth-order valence-electron chi connectivity index (χ4n) is 5.32. The van der Waals surface area contributed by atoms with Crippen molar-refractivity contribution in [3.63, 3.8) is 0 Å². The number of aromatic nitrogens is 2. The molecule has 0 saturated carbocycles. The van der Waals surface area contributed by atoms with Crippen molar-refractivity contribution in [3.05, 3.63) is 54.0 Å². The number of likely N-dealkylation sites (N-methyl/N-ethyl adjacent to an activating group) is 1. The molecule has 2 aromatic heterocycles. The molecule has 1 fully saturated rings. The number of hydrogen-bond donors (Lipinski definition) is 3. The third kappa shape index (κ3) is 4.61. The number of halogens is 2. The average molecular weight is 555 g/mol. The van der Waals surface area contributed by atoms with Gasteiger partial charge in [0.2, 0.25) is 17.4 Å². The molecule has 0 bridgehead atoms. The number of fused-ring (bicyclic) bond motifs is 2. The summed E-state index contributed by atoms with van der Waals surface area (Å²) in [4.78, 5) is 62.2. The molecule has 11 nitrogen and oxygen atoms in total. The Balaban J connectivity index is 1.46. The lowest BCUT2D eigenvalue weighted by molar-refractivity contribution is -0.142. The van der Waals surface area contributed by atoms with Crippen molar-refractivity contribution in [2.45, 2.75) is 44.4 Å². The molecule has 1 saturated heterocycles. The maximum atomic E-state index is 14.3. The minimum atomic E-state index is -1.58.